The lowest BCUT2D eigenvalue weighted by molar-refractivity contribution is 0.102. The van der Waals surface area contributed by atoms with E-state index >= 15 is 0 Å². The first-order valence-electron chi connectivity index (χ1n) is 10.4. The first-order chi connectivity index (χ1) is 14.9. The molecule has 2 amide bonds. The average molecular weight is 419 g/mol. The van der Waals surface area contributed by atoms with E-state index in [1.54, 1.807) is 36.7 Å². The molecule has 1 fully saturated rings. The maximum absolute atomic E-state index is 12.6. The summed E-state index contributed by atoms with van der Waals surface area (Å²) in [4.78, 5) is 28.9. The van der Waals surface area contributed by atoms with Crippen LogP contribution in [0.2, 0.25) is 0 Å². The number of anilines is 1. The molecular formula is C23H25N5O3. The number of rotatable bonds is 5. The van der Waals surface area contributed by atoms with E-state index in [-0.39, 0.29) is 23.7 Å². The first-order valence-corrected chi connectivity index (χ1v) is 10.4. The highest BCUT2D eigenvalue weighted by atomic mass is 16.3. The van der Waals surface area contributed by atoms with Gasteiger partial charge in [-0.1, -0.05) is 6.42 Å². The lowest BCUT2D eigenvalue weighted by Crippen LogP contribution is -2.36. The number of phenols is 1. The Bertz CT molecular complexity index is 1100. The van der Waals surface area contributed by atoms with Crippen molar-refractivity contribution in [2.75, 3.05) is 5.32 Å². The minimum Gasteiger partial charge on any atom is -0.507 e. The van der Waals surface area contributed by atoms with Crippen LogP contribution in [0.4, 0.5) is 10.5 Å². The van der Waals surface area contributed by atoms with E-state index in [9.17, 15) is 14.7 Å². The monoisotopic (exact) mass is 419 g/mol. The number of carbonyl (C=O) groups is 2. The molecule has 0 radical (unpaired) electrons. The van der Waals surface area contributed by atoms with E-state index in [1.165, 1.54) is 10.7 Å². The van der Waals surface area contributed by atoms with E-state index < -0.39 is 0 Å². The van der Waals surface area contributed by atoms with Crippen LogP contribution in [0, 0.1) is 0 Å². The van der Waals surface area contributed by atoms with Gasteiger partial charge in [-0.25, -0.2) is 4.79 Å². The number of nitrogens with zero attached hydrogens (tertiary/aromatic N) is 3. The number of hydrogen-bond acceptors (Lipinski definition) is 5. The third kappa shape index (κ3) is 4.42. The zero-order valence-corrected chi connectivity index (χ0v) is 17.5. The second kappa shape index (κ2) is 8.59. The molecule has 160 valence electrons. The Kier molecular flexibility index (Phi) is 5.70. The van der Waals surface area contributed by atoms with Crippen molar-refractivity contribution in [2.24, 2.45) is 0 Å². The molecule has 3 aromatic rings. The molecule has 2 heterocycles. The summed E-state index contributed by atoms with van der Waals surface area (Å²) in [6.07, 6.45) is 6.26. The maximum atomic E-state index is 12.6. The van der Waals surface area contributed by atoms with Crippen LogP contribution >= 0.6 is 0 Å². The van der Waals surface area contributed by atoms with Crippen molar-refractivity contribution in [1.82, 2.24) is 20.1 Å². The molecule has 3 N–H and O–H groups in total. The highest BCUT2D eigenvalue weighted by Crippen LogP contribution is 2.39. The number of benzene rings is 1. The van der Waals surface area contributed by atoms with Gasteiger partial charge in [-0.05, 0) is 57.0 Å². The van der Waals surface area contributed by atoms with Gasteiger partial charge in [-0.2, -0.15) is 9.78 Å². The number of hydrogen-bond donors (Lipinski definition) is 3. The second-order valence-corrected chi connectivity index (χ2v) is 8.02. The van der Waals surface area contributed by atoms with Crippen LogP contribution in [-0.2, 0) is 0 Å². The van der Waals surface area contributed by atoms with Crippen molar-refractivity contribution in [3.8, 4) is 17.0 Å². The summed E-state index contributed by atoms with van der Waals surface area (Å²) in [5.41, 5.74) is 2.80. The minimum atomic E-state index is -0.295. The molecule has 0 spiro atoms. The van der Waals surface area contributed by atoms with Gasteiger partial charge in [0.05, 0.1) is 11.4 Å². The van der Waals surface area contributed by atoms with E-state index in [0.29, 0.717) is 28.4 Å². The molecule has 0 aliphatic heterocycles. The fourth-order valence-electron chi connectivity index (χ4n) is 3.53. The number of aromatic nitrogens is 3. The highest BCUT2D eigenvalue weighted by molar-refractivity contribution is 6.04. The molecule has 0 bridgehead atoms. The lowest BCUT2D eigenvalue weighted by Gasteiger charge is -2.25. The van der Waals surface area contributed by atoms with Crippen LogP contribution in [0.15, 0.2) is 48.8 Å². The molecule has 8 nitrogen and oxygen atoms in total. The SMILES string of the molecule is CC(C)NC(=O)n1nc(-c2ccc(NC(=O)c3ccncc3)cc2O)cc1C1CCC1. The molecule has 0 atom stereocenters. The number of carbonyl (C=O) groups excluding carboxylic acids is 2. The summed E-state index contributed by atoms with van der Waals surface area (Å²) in [5.74, 6) is -0.0294. The fourth-order valence-corrected chi connectivity index (χ4v) is 3.53. The Hall–Kier alpha value is -3.68. The van der Waals surface area contributed by atoms with Crippen LogP contribution in [0.25, 0.3) is 11.3 Å². The predicted octanol–water partition coefficient (Wildman–Crippen LogP) is 4.14. The van der Waals surface area contributed by atoms with Gasteiger partial charge in [-0.15, -0.1) is 0 Å². The maximum Gasteiger partial charge on any atom is 0.342 e. The zero-order chi connectivity index (χ0) is 22.0. The standard InChI is InChI=1S/C23H25N5O3/c1-14(2)25-23(31)28-20(15-4-3-5-15)13-19(27-28)18-7-6-17(12-21(18)29)26-22(30)16-8-10-24-11-9-16/h6-15,29H,3-5H2,1-2H3,(H,25,31)(H,26,30). The van der Waals surface area contributed by atoms with Crippen molar-refractivity contribution < 1.29 is 14.7 Å². The van der Waals surface area contributed by atoms with E-state index in [2.05, 4.69) is 20.7 Å². The molecule has 1 saturated carbocycles. The summed E-state index contributed by atoms with van der Waals surface area (Å²) in [6.45, 7) is 3.80. The van der Waals surface area contributed by atoms with Gasteiger partial charge in [0, 0.05) is 47.2 Å². The number of pyridine rings is 1. The smallest absolute Gasteiger partial charge is 0.342 e. The zero-order valence-electron chi connectivity index (χ0n) is 17.5. The van der Waals surface area contributed by atoms with Crippen molar-refractivity contribution in [1.29, 1.82) is 0 Å². The number of amides is 2. The van der Waals surface area contributed by atoms with Crippen LogP contribution in [0.5, 0.6) is 5.75 Å². The van der Waals surface area contributed by atoms with E-state index in [0.717, 1.165) is 25.0 Å². The molecule has 0 saturated heterocycles. The quantitative estimate of drug-likeness (QED) is 0.576. The normalized spacial score (nSPS) is 13.6. The van der Waals surface area contributed by atoms with Crippen LogP contribution in [-0.4, -0.2) is 37.9 Å². The Morgan fingerprint density at radius 3 is 2.48 bits per heavy atom. The van der Waals surface area contributed by atoms with Gasteiger partial charge in [0.25, 0.3) is 5.91 Å². The van der Waals surface area contributed by atoms with Crippen molar-refractivity contribution in [2.45, 2.75) is 45.1 Å². The summed E-state index contributed by atoms with van der Waals surface area (Å²) >= 11 is 0. The van der Waals surface area contributed by atoms with E-state index in [1.807, 2.05) is 19.9 Å². The summed E-state index contributed by atoms with van der Waals surface area (Å²) in [7, 11) is 0. The Morgan fingerprint density at radius 1 is 1.13 bits per heavy atom. The average Bonchev–Trinajstić information content (AvgIpc) is 3.11. The van der Waals surface area contributed by atoms with Crippen LogP contribution in [0.3, 0.4) is 0 Å². The first kappa shape index (κ1) is 20.6. The third-order valence-corrected chi connectivity index (χ3v) is 5.34. The van der Waals surface area contributed by atoms with Gasteiger partial charge in [0.1, 0.15) is 5.75 Å². The largest absolute Gasteiger partial charge is 0.507 e. The third-order valence-electron chi connectivity index (χ3n) is 5.34. The van der Waals surface area contributed by atoms with Gasteiger partial charge >= 0.3 is 6.03 Å². The number of phenolic OH excluding ortho intramolecular Hbond substituents is 1. The molecule has 1 aromatic carbocycles. The summed E-state index contributed by atoms with van der Waals surface area (Å²) in [5, 5.41) is 20.7. The van der Waals surface area contributed by atoms with Gasteiger partial charge in [0.15, 0.2) is 0 Å². The molecule has 2 aromatic heterocycles. The fraction of sp³-hybridized carbons (Fsp3) is 0.304. The number of nitrogens with one attached hydrogen (secondary N) is 2. The molecule has 4 rings (SSSR count). The molecule has 1 aliphatic rings. The van der Waals surface area contributed by atoms with Crippen molar-refractivity contribution >= 4 is 17.6 Å². The highest BCUT2D eigenvalue weighted by Gasteiger charge is 2.27. The summed E-state index contributed by atoms with van der Waals surface area (Å²) in [6, 6.07) is 9.67. The van der Waals surface area contributed by atoms with Crippen molar-refractivity contribution in [3.63, 3.8) is 0 Å². The molecule has 8 heteroatoms. The van der Waals surface area contributed by atoms with Gasteiger partial charge < -0.3 is 15.7 Å². The topological polar surface area (TPSA) is 109 Å². The van der Waals surface area contributed by atoms with Crippen LogP contribution < -0.4 is 10.6 Å². The Balaban J connectivity index is 1.60. The molecule has 1 aliphatic carbocycles. The lowest BCUT2D eigenvalue weighted by atomic mass is 9.82. The second-order valence-electron chi connectivity index (χ2n) is 8.02. The minimum absolute atomic E-state index is 0.00826. The Labute approximate surface area is 180 Å². The Morgan fingerprint density at radius 2 is 1.87 bits per heavy atom. The molecule has 0 unspecified atom stereocenters. The molecule has 31 heavy (non-hydrogen) atoms. The van der Waals surface area contributed by atoms with E-state index in [4.69, 9.17) is 0 Å². The van der Waals surface area contributed by atoms with Gasteiger partial charge in [0.2, 0.25) is 0 Å². The van der Waals surface area contributed by atoms with Crippen molar-refractivity contribution in [3.05, 3.63) is 60.0 Å². The van der Waals surface area contributed by atoms with Gasteiger partial charge in [-0.3, -0.25) is 9.78 Å². The van der Waals surface area contributed by atoms with Crippen LogP contribution in [0.1, 0.15) is 55.1 Å². The summed E-state index contributed by atoms with van der Waals surface area (Å²) < 4.78 is 1.41. The number of aromatic hydroxyl groups is 1. The predicted molar refractivity (Wildman–Crippen MR) is 117 cm³/mol. The molecular weight excluding hydrogens is 394 g/mol.